The highest BCUT2D eigenvalue weighted by atomic mass is 19.4. The van der Waals surface area contributed by atoms with Crippen molar-refractivity contribution in [3.8, 4) is 0 Å². The molecule has 0 unspecified atom stereocenters. The minimum absolute atomic E-state index is 0.0633. The molecule has 7 nitrogen and oxygen atoms in total. The Morgan fingerprint density at radius 1 is 1.00 bits per heavy atom. The number of alkyl halides is 3. The molecule has 37 heavy (non-hydrogen) atoms. The molecule has 2 aromatic carbocycles. The number of hydrogen-bond acceptors (Lipinski definition) is 6. The van der Waals surface area contributed by atoms with E-state index in [0.717, 1.165) is 18.2 Å². The molecule has 1 heterocycles. The van der Waals surface area contributed by atoms with E-state index in [9.17, 15) is 31.7 Å². The van der Waals surface area contributed by atoms with Crippen LogP contribution < -0.4 is 10.2 Å². The van der Waals surface area contributed by atoms with Crippen LogP contribution in [-0.4, -0.2) is 55.7 Å². The predicted octanol–water partition coefficient (Wildman–Crippen LogP) is 5.47. The molecule has 0 atom stereocenters. The molecule has 1 N–H and O–H groups in total. The van der Waals surface area contributed by atoms with Crippen LogP contribution in [0, 0.1) is 16.5 Å². The van der Waals surface area contributed by atoms with E-state index in [-0.39, 0.29) is 30.3 Å². The van der Waals surface area contributed by atoms with Gasteiger partial charge < -0.3 is 19.9 Å². The lowest BCUT2D eigenvalue weighted by Gasteiger charge is -2.36. The van der Waals surface area contributed by atoms with E-state index in [0.29, 0.717) is 57.5 Å². The second-order valence-corrected chi connectivity index (χ2v) is 9.21. The molecule has 1 saturated carbocycles. The lowest BCUT2D eigenvalue weighted by molar-refractivity contribution is -0.139. The summed E-state index contributed by atoms with van der Waals surface area (Å²) in [4.78, 5) is 26.7. The lowest BCUT2D eigenvalue weighted by Crippen LogP contribution is -2.50. The minimum atomic E-state index is -4.68. The van der Waals surface area contributed by atoms with Gasteiger partial charge in [-0.3, -0.25) is 4.79 Å². The molecule has 2 aromatic rings. The molecule has 1 aliphatic heterocycles. The number of anilines is 2. The van der Waals surface area contributed by atoms with Gasteiger partial charge in [0.25, 0.3) is 0 Å². The summed E-state index contributed by atoms with van der Waals surface area (Å²) in [5.74, 6) is -1.44. The summed E-state index contributed by atoms with van der Waals surface area (Å²) in [6.07, 6.45) is -2.23. The fraction of sp³-hybridized carbons (Fsp3) is 0.480. The van der Waals surface area contributed by atoms with Gasteiger partial charge in [0.2, 0.25) is 5.91 Å². The molecule has 0 aromatic heterocycles. The van der Waals surface area contributed by atoms with Crippen LogP contribution in [0.4, 0.5) is 39.0 Å². The third kappa shape index (κ3) is 6.73. The van der Waals surface area contributed by atoms with E-state index >= 15 is 0 Å². The molecule has 12 heteroatoms. The van der Waals surface area contributed by atoms with Gasteiger partial charge in [-0.2, -0.15) is 13.2 Å². The number of benzene rings is 2. The SMILES string of the molecule is O=Nc1ccc(NC2CCC(OCC(=O)N3CCN(c4ccc(F)cc4F)CC3)CC2)cc1C(F)(F)F. The van der Waals surface area contributed by atoms with E-state index in [4.69, 9.17) is 4.74 Å². The van der Waals surface area contributed by atoms with Gasteiger partial charge >= 0.3 is 6.18 Å². The summed E-state index contributed by atoms with van der Waals surface area (Å²) in [6, 6.07) is 6.71. The van der Waals surface area contributed by atoms with Crippen molar-refractivity contribution in [3.05, 3.63) is 58.5 Å². The molecule has 0 radical (unpaired) electrons. The Bertz CT molecular complexity index is 1110. The lowest BCUT2D eigenvalue weighted by atomic mass is 9.92. The van der Waals surface area contributed by atoms with Crippen LogP contribution >= 0.6 is 0 Å². The molecule has 4 rings (SSSR count). The largest absolute Gasteiger partial charge is 0.418 e. The first-order valence-electron chi connectivity index (χ1n) is 12.0. The molecule has 1 amide bonds. The van der Waals surface area contributed by atoms with Crippen molar-refractivity contribution in [1.29, 1.82) is 0 Å². The van der Waals surface area contributed by atoms with Crippen LogP contribution in [-0.2, 0) is 15.7 Å². The molecule has 0 spiro atoms. The Labute approximate surface area is 210 Å². The molecule has 0 bridgehead atoms. The number of nitrogens with one attached hydrogen (secondary N) is 1. The van der Waals surface area contributed by atoms with E-state index in [1.54, 1.807) is 9.80 Å². The predicted molar refractivity (Wildman–Crippen MR) is 128 cm³/mol. The Kier molecular flexibility index (Phi) is 8.25. The number of carbonyl (C=O) groups is 1. The van der Waals surface area contributed by atoms with E-state index < -0.39 is 29.1 Å². The summed E-state index contributed by atoms with van der Waals surface area (Å²) in [6.45, 7) is 1.56. The highest BCUT2D eigenvalue weighted by Crippen LogP contribution is 2.38. The number of nitrogens with zero attached hydrogens (tertiary/aromatic N) is 3. The third-order valence-corrected chi connectivity index (χ3v) is 6.77. The normalized spacial score (nSPS) is 20.6. The van der Waals surface area contributed by atoms with Crippen LogP contribution in [0.25, 0.3) is 0 Å². The summed E-state index contributed by atoms with van der Waals surface area (Å²) in [5, 5.41) is 5.53. The zero-order valence-corrected chi connectivity index (χ0v) is 19.9. The number of halogens is 5. The monoisotopic (exact) mass is 526 g/mol. The summed E-state index contributed by atoms with van der Waals surface area (Å²) >= 11 is 0. The summed E-state index contributed by atoms with van der Waals surface area (Å²) < 4.78 is 72.4. The van der Waals surface area contributed by atoms with Crippen LogP contribution in [0.5, 0.6) is 0 Å². The number of rotatable bonds is 7. The van der Waals surface area contributed by atoms with E-state index in [2.05, 4.69) is 10.5 Å². The zero-order valence-electron chi connectivity index (χ0n) is 19.9. The number of ether oxygens (including phenoxy) is 1. The fourth-order valence-electron chi connectivity index (χ4n) is 4.76. The maximum Gasteiger partial charge on any atom is 0.418 e. The summed E-state index contributed by atoms with van der Waals surface area (Å²) in [7, 11) is 0. The quantitative estimate of drug-likeness (QED) is 0.383. The van der Waals surface area contributed by atoms with Crippen LogP contribution in [0.2, 0.25) is 0 Å². The van der Waals surface area contributed by atoms with Crippen LogP contribution in [0.3, 0.4) is 0 Å². The standard InChI is InChI=1S/C25H27F5N4O3/c26-16-1-8-23(21(27)13-16)33-9-11-34(12-10-33)24(35)15-37-19-5-2-17(3-6-19)31-18-4-7-22(32-36)20(14-18)25(28,29)30/h1,4,7-8,13-14,17,19,31H,2-3,5-6,9-12,15H2. The number of nitroso groups, excluding NO2 is 1. The first kappa shape index (κ1) is 26.8. The number of piperazine rings is 1. The van der Waals surface area contributed by atoms with Gasteiger partial charge in [0.15, 0.2) is 0 Å². The fourth-order valence-corrected chi connectivity index (χ4v) is 4.76. The van der Waals surface area contributed by atoms with Gasteiger partial charge in [-0.1, -0.05) is 0 Å². The first-order valence-corrected chi connectivity index (χ1v) is 12.0. The van der Waals surface area contributed by atoms with Crippen molar-refractivity contribution in [2.75, 3.05) is 43.0 Å². The Hall–Kier alpha value is -3.28. The van der Waals surface area contributed by atoms with Gasteiger partial charge in [-0.05, 0) is 61.2 Å². The smallest absolute Gasteiger partial charge is 0.382 e. The number of amides is 1. The average Bonchev–Trinajstić information content (AvgIpc) is 2.88. The van der Waals surface area contributed by atoms with Gasteiger partial charge in [0.1, 0.15) is 23.9 Å². The van der Waals surface area contributed by atoms with Crippen molar-refractivity contribution in [1.82, 2.24) is 4.90 Å². The van der Waals surface area contributed by atoms with Crippen molar-refractivity contribution < 1.29 is 31.5 Å². The Morgan fingerprint density at radius 3 is 2.32 bits per heavy atom. The molecule has 2 fully saturated rings. The zero-order chi connectivity index (χ0) is 26.6. The minimum Gasteiger partial charge on any atom is -0.382 e. The Balaban J connectivity index is 1.19. The number of hydrogen-bond donors (Lipinski definition) is 1. The van der Waals surface area contributed by atoms with Gasteiger partial charge in [0, 0.05) is 44.0 Å². The van der Waals surface area contributed by atoms with Gasteiger partial charge in [-0.25, -0.2) is 8.78 Å². The van der Waals surface area contributed by atoms with Crippen molar-refractivity contribution in [3.63, 3.8) is 0 Å². The highest BCUT2D eigenvalue weighted by molar-refractivity contribution is 5.77. The van der Waals surface area contributed by atoms with Crippen molar-refractivity contribution >= 4 is 23.0 Å². The Morgan fingerprint density at radius 2 is 1.70 bits per heavy atom. The maximum absolute atomic E-state index is 14.0. The molecule has 1 aliphatic carbocycles. The maximum atomic E-state index is 14.0. The number of carbonyl (C=O) groups excluding carboxylic acids is 1. The third-order valence-electron chi connectivity index (χ3n) is 6.77. The average molecular weight is 527 g/mol. The first-order chi connectivity index (χ1) is 17.6. The molecule has 1 saturated heterocycles. The van der Waals surface area contributed by atoms with Crippen LogP contribution in [0.15, 0.2) is 41.6 Å². The second kappa shape index (κ2) is 11.4. The summed E-state index contributed by atoms with van der Waals surface area (Å²) in [5.41, 5.74) is -1.16. The van der Waals surface area contributed by atoms with Crippen LogP contribution in [0.1, 0.15) is 31.2 Å². The molecular weight excluding hydrogens is 499 g/mol. The van der Waals surface area contributed by atoms with E-state index in [1.807, 2.05) is 0 Å². The molecular formula is C25H27F5N4O3. The van der Waals surface area contributed by atoms with E-state index in [1.165, 1.54) is 18.2 Å². The van der Waals surface area contributed by atoms with Crippen molar-refractivity contribution in [2.45, 2.75) is 44.0 Å². The highest BCUT2D eigenvalue weighted by Gasteiger charge is 2.35. The van der Waals surface area contributed by atoms with Crippen molar-refractivity contribution in [2.24, 2.45) is 5.18 Å². The molecule has 2 aliphatic rings. The van der Waals surface area contributed by atoms with Gasteiger partial charge in [-0.15, -0.1) is 4.91 Å². The van der Waals surface area contributed by atoms with Gasteiger partial charge in [0.05, 0.1) is 17.4 Å². The molecule has 200 valence electrons. The second-order valence-electron chi connectivity index (χ2n) is 9.21. The topological polar surface area (TPSA) is 74.2 Å².